The number of carbonyl (C=O) groups excluding carboxylic acids is 3. The maximum atomic E-state index is 12.1. The summed E-state index contributed by atoms with van der Waals surface area (Å²) >= 11 is 0. The molecule has 0 fully saturated rings. The van der Waals surface area contributed by atoms with Crippen LogP contribution in [0.2, 0.25) is 0 Å². The Labute approximate surface area is 124 Å². The van der Waals surface area contributed by atoms with Crippen LogP contribution in [0.3, 0.4) is 0 Å². The molecule has 0 spiro atoms. The van der Waals surface area contributed by atoms with Crippen LogP contribution >= 0.6 is 0 Å². The van der Waals surface area contributed by atoms with Crippen LogP contribution in [0.5, 0.6) is 0 Å². The number of rotatable bonds is 6. The lowest BCUT2D eigenvalue weighted by Crippen LogP contribution is -2.25. The van der Waals surface area contributed by atoms with Crippen molar-refractivity contribution < 1.29 is 32.3 Å². The van der Waals surface area contributed by atoms with Gasteiger partial charge in [-0.2, -0.15) is 13.2 Å². The highest BCUT2D eigenvalue weighted by Crippen LogP contribution is 2.19. The van der Waals surface area contributed by atoms with Gasteiger partial charge in [0.1, 0.15) is 0 Å². The monoisotopic (exact) mass is 314 g/mol. The third-order valence-corrected chi connectivity index (χ3v) is 2.69. The van der Waals surface area contributed by atoms with E-state index in [1.54, 1.807) is 12.2 Å². The summed E-state index contributed by atoms with van der Waals surface area (Å²) in [4.78, 5) is 33.2. The molecule has 0 saturated heterocycles. The van der Waals surface area contributed by atoms with Crippen LogP contribution in [-0.2, 0) is 14.3 Å². The first-order valence-corrected chi connectivity index (χ1v) is 6.20. The Balaban J connectivity index is 2.66. The van der Waals surface area contributed by atoms with E-state index in [1.165, 1.54) is 31.4 Å². The van der Waals surface area contributed by atoms with Crippen molar-refractivity contribution in [3.05, 3.63) is 41.5 Å². The van der Waals surface area contributed by atoms with Crippen LogP contribution in [0.25, 0.3) is 6.08 Å². The molecule has 0 bridgehead atoms. The molecule has 0 unspecified atom stereocenters. The Morgan fingerprint density at radius 1 is 1.14 bits per heavy atom. The molecule has 1 aromatic rings. The number of hydrogen-bond donors (Lipinski definition) is 0. The van der Waals surface area contributed by atoms with E-state index >= 15 is 0 Å². The van der Waals surface area contributed by atoms with Gasteiger partial charge < -0.3 is 4.74 Å². The molecule has 0 saturated carbocycles. The van der Waals surface area contributed by atoms with Crippen LogP contribution in [0.4, 0.5) is 13.2 Å². The van der Waals surface area contributed by atoms with Crippen LogP contribution in [-0.4, -0.2) is 30.8 Å². The topological polar surface area (TPSA) is 60.4 Å². The van der Waals surface area contributed by atoms with Gasteiger partial charge in [0.05, 0.1) is 20.0 Å². The molecule has 0 amide bonds. The normalized spacial score (nSPS) is 11.5. The van der Waals surface area contributed by atoms with Crippen molar-refractivity contribution in [1.82, 2.24) is 0 Å². The van der Waals surface area contributed by atoms with E-state index in [2.05, 4.69) is 4.74 Å². The van der Waals surface area contributed by atoms with Gasteiger partial charge in [-0.3, -0.25) is 14.4 Å². The molecule has 1 aromatic carbocycles. The molecule has 0 atom stereocenters. The number of Topliss-reactive ketones (excluding diaryl/α,β-unsaturated/α-hetero) is 2. The van der Waals surface area contributed by atoms with Crippen molar-refractivity contribution >= 4 is 23.6 Å². The van der Waals surface area contributed by atoms with Crippen molar-refractivity contribution in [3.63, 3.8) is 0 Å². The number of ketones is 2. The third kappa shape index (κ3) is 5.51. The summed E-state index contributed by atoms with van der Waals surface area (Å²) in [5.74, 6) is -3.37. The number of carbonyl (C=O) groups is 3. The average Bonchev–Trinajstić information content (AvgIpc) is 2.46. The van der Waals surface area contributed by atoms with Gasteiger partial charge in [0.25, 0.3) is 0 Å². The lowest BCUT2D eigenvalue weighted by molar-refractivity contribution is -0.170. The Morgan fingerprint density at radius 2 is 1.73 bits per heavy atom. The minimum absolute atomic E-state index is 0.0164. The summed E-state index contributed by atoms with van der Waals surface area (Å²) in [5, 5.41) is 0. The van der Waals surface area contributed by atoms with Crippen LogP contribution < -0.4 is 0 Å². The lowest BCUT2D eigenvalue weighted by Gasteiger charge is -2.04. The van der Waals surface area contributed by atoms with Gasteiger partial charge in [-0.15, -0.1) is 0 Å². The van der Waals surface area contributed by atoms with E-state index in [0.717, 1.165) is 0 Å². The number of hydrogen-bond acceptors (Lipinski definition) is 4. The molecule has 0 radical (unpaired) electrons. The number of halogens is 3. The molecule has 1 rings (SSSR count). The highest BCUT2D eigenvalue weighted by atomic mass is 19.4. The van der Waals surface area contributed by atoms with Crippen molar-refractivity contribution in [1.29, 1.82) is 0 Å². The molecule has 0 heterocycles. The fraction of sp³-hybridized carbons (Fsp3) is 0.267. The summed E-state index contributed by atoms with van der Waals surface area (Å²) < 4.78 is 40.7. The van der Waals surface area contributed by atoms with Crippen LogP contribution in [0, 0.1) is 0 Å². The molecule has 0 aliphatic heterocycles. The largest absolute Gasteiger partial charge is 0.469 e. The quantitative estimate of drug-likeness (QED) is 0.460. The van der Waals surface area contributed by atoms with Crippen molar-refractivity contribution in [2.24, 2.45) is 0 Å². The van der Waals surface area contributed by atoms with Crippen molar-refractivity contribution in [3.8, 4) is 0 Å². The zero-order valence-electron chi connectivity index (χ0n) is 11.6. The van der Waals surface area contributed by atoms with Gasteiger partial charge in [0, 0.05) is 5.56 Å². The van der Waals surface area contributed by atoms with Gasteiger partial charge in [-0.1, -0.05) is 36.4 Å². The van der Waals surface area contributed by atoms with E-state index in [-0.39, 0.29) is 12.0 Å². The first kappa shape index (κ1) is 17.6. The zero-order chi connectivity index (χ0) is 16.8. The molecule has 0 aromatic heterocycles. The molecular formula is C15H13F3O4. The Kier molecular flexibility index (Phi) is 6.03. The smallest absolute Gasteiger partial charge is 0.450 e. The molecule has 4 nitrogen and oxygen atoms in total. The number of methoxy groups -OCH3 is 1. The van der Waals surface area contributed by atoms with Gasteiger partial charge in [0.2, 0.25) is 5.78 Å². The minimum atomic E-state index is -5.01. The molecular weight excluding hydrogens is 301 g/mol. The summed E-state index contributed by atoms with van der Waals surface area (Å²) in [6.45, 7) is 0. The second-order valence-electron chi connectivity index (χ2n) is 4.33. The number of benzene rings is 1. The fourth-order valence-electron chi connectivity index (χ4n) is 1.50. The lowest BCUT2D eigenvalue weighted by atomic mass is 10.0. The Morgan fingerprint density at radius 3 is 2.23 bits per heavy atom. The molecule has 0 N–H and O–H groups in total. The zero-order valence-corrected chi connectivity index (χ0v) is 11.6. The maximum Gasteiger partial charge on any atom is 0.450 e. The third-order valence-electron chi connectivity index (χ3n) is 2.69. The summed E-state index contributed by atoms with van der Waals surface area (Å²) in [5.41, 5.74) is 0.672. The SMILES string of the molecule is COC(=O)CC=Cc1ccc(C(=O)CC(=O)C(F)(F)F)cc1. The molecule has 118 valence electrons. The Bertz CT molecular complexity index is 586. The first-order chi connectivity index (χ1) is 10.2. The van der Waals surface area contributed by atoms with E-state index in [9.17, 15) is 27.6 Å². The summed E-state index contributed by atoms with van der Waals surface area (Å²) in [6, 6.07) is 5.64. The molecule has 7 heteroatoms. The highest BCUT2D eigenvalue weighted by molar-refractivity contribution is 6.09. The van der Waals surface area contributed by atoms with Crippen molar-refractivity contribution in [2.45, 2.75) is 19.0 Å². The standard InChI is InChI=1S/C15H13F3O4/c1-22-14(21)4-2-3-10-5-7-11(8-6-10)12(19)9-13(20)15(16,17)18/h2-3,5-8H,4,9H2,1H3. The van der Waals surface area contributed by atoms with Gasteiger partial charge in [-0.25, -0.2) is 0 Å². The highest BCUT2D eigenvalue weighted by Gasteiger charge is 2.39. The molecule has 22 heavy (non-hydrogen) atoms. The van der Waals surface area contributed by atoms with Gasteiger partial charge >= 0.3 is 12.1 Å². The maximum absolute atomic E-state index is 12.1. The first-order valence-electron chi connectivity index (χ1n) is 6.20. The van der Waals surface area contributed by atoms with Crippen molar-refractivity contribution in [2.75, 3.05) is 7.11 Å². The van der Waals surface area contributed by atoms with Crippen LogP contribution in [0.15, 0.2) is 30.3 Å². The predicted octanol–water partition coefficient (Wildman–Crippen LogP) is 2.97. The second kappa shape index (κ2) is 7.53. The number of esters is 1. The number of ether oxygens (including phenoxy) is 1. The molecule has 0 aliphatic rings. The predicted molar refractivity (Wildman–Crippen MR) is 72.1 cm³/mol. The van der Waals surface area contributed by atoms with Gasteiger partial charge in [0.15, 0.2) is 5.78 Å². The summed E-state index contributed by atoms with van der Waals surface area (Å²) in [7, 11) is 1.26. The van der Waals surface area contributed by atoms with E-state index < -0.39 is 30.1 Å². The van der Waals surface area contributed by atoms with E-state index in [0.29, 0.717) is 5.56 Å². The van der Waals surface area contributed by atoms with Gasteiger partial charge in [-0.05, 0) is 5.56 Å². The summed E-state index contributed by atoms with van der Waals surface area (Å²) in [6.07, 6.45) is -2.98. The Hall–Kier alpha value is -2.44. The minimum Gasteiger partial charge on any atom is -0.469 e. The second-order valence-corrected chi connectivity index (χ2v) is 4.33. The van der Waals surface area contributed by atoms with Crippen LogP contribution in [0.1, 0.15) is 28.8 Å². The average molecular weight is 314 g/mol. The fourth-order valence-corrected chi connectivity index (χ4v) is 1.50. The van der Waals surface area contributed by atoms with E-state index in [1.807, 2.05) is 0 Å². The molecule has 0 aliphatic carbocycles. The van der Waals surface area contributed by atoms with E-state index in [4.69, 9.17) is 0 Å². The number of alkyl halides is 3.